The lowest BCUT2D eigenvalue weighted by molar-refractivity contribution is 0.0559. The third-order valence-electron chi connectivity index (χ3n) is 5.27. The summed E-state index contributed by atoms with van der Waals surface area (Å²) in [6.07, 6.45) is 1.08. The zero-order valence-electron chi connectivity index (χ0n) is 15.6. The van der Waals surface area contributed by atoms with Gasteiger partial charge < -0.3 is 19.7 Å². The summed E-state index contributed by atoms with van der Waals surface area (Å²) in [6.45, 7) is 2.29. The predicted octanol–water partition coefficient (Wildman–Crippen LogP) is 2.55. The van der Waals surface area contributed by atoms with Gasteiger partial charge in [0.1, 0.15) is 24.3 Å². The summed E-state index contributed by atoms with van der Waals surface area (Å²) < 4.78 is 20.3. The van der Waals surface area contributed by atoms with Crippen LogP contribution in [0.25, 0.3) is 11.0 Å². The summed E-state index contributed by atoms with van der Waals surface area (Å²) in [5, 5.41) is 10.3. The lowest BCUT2D eigenvalue weighted by Crippen LogP contribution is -2.42. The molecule has 6 nitrogen and oxygen atoms in total. The minimum Gasteiger partial charge on any atom is -0.491 e. The Morgan fingerprint density at radius 3 is 2.61 bits per heavy atom. The van der Waals surface area contributed by atoms with Crippen molar-refractivity contribution >= 4 is 11.0 Å². The molecule has 1 aliphatic rings. The van der Waals surface area contributed by atoms with Crippen molar-refractivity contribution in [1.82, 2.24) is 14.5 Å². The number of aromatic amines is 1. The second-order valence-electron chi connectivity index (χ2n) is 7.27. The number of likely N-dealkylation sites (tertiary alicyclic amines) is 1. The number of aliphatic hydroxyl groups excluding tert-OH is 1. The number of piperidine rings is 1. The number of H-pyrrole nitrogens is 1. The number of nitrogens with zero attached hydrogens (tertiary/aromatic N) is 2. The maximum atomic E-state index is 12.9. The highest BCUT2D eigenvalue weighted by molar-refractivity contribution is 5.75. The molecule has 1 fully saturated rings. The molecule has 0 aliphatic carbocycles. The Bertz CT molecular complexity index is 974. The summed E-state index contributed by atoms with van der Waals surface area (Å²) in [5.41, 5.74) is 1.74. The highest BCUT2D eigenvalue weighted by atomic mass is 19.1. The van der Waals surface area contributed by atoms with Crippen LogP contribution in [0.1, 0.15) is 18.9 Å². The Morgan fingerprint density at radius 1 is 1.14 bits per heavy atom. The van der Waals surface area contributed by atoms with Crippen molar-refractivity contribution in [1.29, 1.82) is 0 Å². The van der Waals surface area contributed by atoms with E-state index in [0.717, 1.165) is 37.0 Å². The maximum absolute atomic E-state index is 12.9. The molecule has 2 N–H and O–H groups in total. The normalized spacial score (nSPS) is 17.1. The molecule has 0 spiro atoms. The highest BCUT2D eigenvalue weighted by Crippen LogP contribution is 2.25. The van der Waals surface area contributed by atoms with Gasteiger partial charge in [0, 0.05) is 25.7 Å². The van der Waals surface area contributed by atoms with Crippen molar-refractivity contribution in [3.8, 4) is 5.75 Å². The third-order valence-corrected chi connectivity index (χ3v) is 5.27. The summed E-state index contributed by atoms with van der Waals surface area (Å²) in [4.78, 5) is 17.5. The van der Waals surface area contributed by atoms with Crippen molar-refractivity contribution in [2.75, 3.05) is 26.2 Å². The molecular weight excluding hydrogens is 361 g/mol. The first kappa shape index (κ1) is 18.7. The molecule has 28 heavy (non-hydrogen) atoms. The van der Waals surface area contributed by atoms with Gasteiger partial charge in [-0.15, -0.1) is 0 Å². The van der Waals surface area contributed by atoms with E-state index in [1.54, 1.807) is 12.1 Å². The number of imidazole rings is 1. The highest BCUT2D eigenvalue weighted by Gasteiger charge is 2.24. The number of halogens is 1. The van der Waals surface area contributed by atoms with E-state index in [4.69, 9.17) is 4.74 Å². The van der Waals surface area contributed by atoms with Gasteiger partial charge in [-0.25, -0.2) is 9.18 Å². The Labute approximate surface area is 162 Å². The van der Waals surface area contributed by atoms with Gasteiger partial charge in [-0.1, -0.05) is 12.1 Å². The van der Waals surface area contributed by atoms with Crippen LogP contribution < -0.4 is 10.4 Å². The molecule has 1 saturated heterocycles. The van der Waals surface area contributed by atoms with Crippen LogP contribution in [-0.4, -0.2) is 51.9 Å². The number of ether oxygens (including phenoxy) is 1. The molecular formula is C21H24FN3O3. The maximum Gasteiger partial charge on any atom is 0.326 e. The first-order valence-electron chi connectivity index (χ1n) is 9.58. The van der Waals surface area contributed by atoms with Gasteiger partial charge in [0.05, 0.1) is 11.0 Å². The molecule has 3 aromatic rings. The lowest BCUT2D eigenvalue weighted by Gasteiger charge is -2.33. The number of aromatic nitrogens is 2. The number of nitrogens with one attached hydrogen (secondary N) is 1. The summed E-state index contributed by atoms with van der Waals surface area (Å²) in [7, 11) is 0. The lowest BCUT2D eigenvalue weighted by atomic mass is 10.0. The molecule has 1 aliphatic heterocycles. The van der Waals surface area contributed by atoms with E-state index in [1.165, 1.54) is 12.1 Å². The Balaban J connectivity index is 1.29. The molecule has 1 unspecified atom stereocenters. The summed E-state index contributed by atoms with van der Waals surface area (Å²) in [6, 6.07) is 13.7. The molecule has 0 amide bonds. The van der Waals surface area contributed by atoms with Crippen LogP contribution in [0.4, 0.5) is 4.39 Å². The number of hydrogen-bond donors (Lipinski definition) is 2. The Hall–Kier alpha value is -2.64. The standard InChI is InChI=1S/C21H24FN3O3/c22-15-5-7-18(8-6-15)28-14-17(26)13-24-11-9-16(10-12-24)25-20-4-2-1-3-19(20)23-21(25)27/h1-8,16-17,26H,9-14H2,(H,23,27). The van der Waals surface area contributed by atoms with Crippen molar-refractivity contribution in [3.63, 3.8) is 0 Å². The van der Waals surface area contributed by atoms with Crippen LogP contribution in [0.2, 0.25) is 0 Å². The van der Waals surface area contributed by atoms with Gasteiger partial charge >= 0.3 is 5.69 Å². The van der Waals surface area contributed by atoms with Gasteiger partial charge in [-0.2, -0.15) is 0 Å². The van der Waals surface area contributed by atoms with E-state index in [2.05, 4.69) is 9.88 Å². The second kappa shape index (κ2) is 8.16. The van der Waals surface area contributed by atoms with Crippen LogP contribution in [-0.2, 0) is 0 Å². The number of β-amino-alcohol motifs (C(OH)–C–C–N with tert-alkyl or cyclic N) is 1. The van der Waals surface area contributed by atoms with Gasteiger partial charge in [-0.3, -0.25) is 4.57 Å². The topological polar surface area (TPSA) is 70.5 Å². The molecule has 4 rings (SSSR count). The van der Waals surface area contributed by atoms with Crippen molar-refractivity contribution in [3.05, 3.63) is 64.8 Å². The number of rotatable bonds is 6. The van der Waals surface area contributed by atoms with Crippen LogP contribution in [0.15, 0.2) is 53.3 Å². The second-order valence-corrected chi connectivity index (χ2v) is 7.27. The van der Waals surface area contributed by atoms with E-state index in [9.17, 15) is 14.3 Å². The fraction of sp³-hybridized carbons (Fsp3) is 0.381. The SMILES string of the molecule is O=c1[nH]c2ccccc2n1C1CCN(CC(O)COc2ccc(F)cc2)CC1. The van der Waals surface area contributed by atoms with Gasteiger partial charge in [0.25, 0.3) is 0 Å². The zero-order valence-corrected chi connectivity index (χ0v) is 15.6. The molecule has 2 heterocycles. The van der Waals surface area contributed by atoms with Gasteiger partial charge in [0.2, 0.25) is 0 Å². The van der Waals surface area contributed by atoms with Crippen LogP contribution >= 0.6 is 0 Å². The van der Waals surface area contributed by atoms with E-state index >= 15 is 0 Å². The molecule has 0 bridgehead atoms. The number of fused-ring (bicyclic) bond motifs is 1. The van der Waals surface area contributed by atoms with Crippen LogP contribution in [0.3, 0.4) is 0 Å². The van der Waals surface area contributed by atoms with E-state index < -0.39 is 6.10 Å². The number of para-hydroxylation sites is 2. The smallest absolute Gasteiger partial charge is 0.326 e. The Morgan fingerprint density at radius 2 is 1.86 bits per heavy atom. The van der Waals surface area contributed by atoms with Crippen molar-refractivity contribution in [2.45, 2.75) is 25.0 Å². The fourth-order valence-electron chi connectivity index (χ4n) is 3.87. The number of benzene rings is 2. The Kier molecular flexibility index (Phi) is 5.45. The van der Waals surface area contributed by atoms with E-state index in [0.29, 0.717) is 12.3 Å². The van der Waals surface area contributed by atoms with E-state index in [-0.39, 0.29) is 24.2 Å². The molecule has 1 aromatic heterocycles. The minimum absolute atomic E-state index is 0.0626. The molecule has 2 aromatic carbocycles. The quantitative estimate of drug-likeness (QED) is 0.684. The van der Waals surface area contributed by atoms with Crippen molar-refractivity contribution in [2.24, 2.45) is 0 Å². The molecule has 148 valence electrons. The summed E-state index contributed by atoms with van der Waals surface area (Å²) >= 11 is 0. The molecule has 0 saturated carbocycles. The van der Waals surface area contributed by atoms with Crippen LogP contribution in [0.5, 0.6) is 5.75 Å². The zero-order chi connectivity index (χ0) is 19.5. The van der Waals surface area contributed by atoms with Gasteiger partial charge in [0.15, 0.2) is 0 Å². The largest absolute Gasteiger partial charge is 0.491 e. The first-order chi connectivity index (χ1) is 13.6. The molecule has 1 atom stereocenters. The molecule has 7 heteroatoms. The number of hydrogen-bond acceptors (Lipinski definition) is 4. The number of aliphatic hydroxyl groups is 1. The van der Waals surface area contributed by atoms with E-state index in [1.807, 2.05) is 28.8 Å². The fourth-order valence-corrected chi connectivity index (χ4v) is 3.87. The monoisotopic (exact) mass is 385 g/mol. The third kappa shape index (κ3) is 4.10. The first-order valence-corrected chi connectivity index (χ1v) is 9.58. The average Bonchev–Trinajstić information content (AvgIpc) is 3.04. The van der Waals surface area contributed by atoms with Crippen molar-refractivity contribution < 1.29 is 14.2 Å². The average molecular weight is 385 g/mol. The summed E-state index contributed by atoms with van der Waals surface area (Å²) in [5.74, 6) is 0.225. The van der Waals surface area contributed by atoms with Crippen LogP contribution in [0, 0.1) is 5.82 Å². The minimum atomic E-state index is -0.627. The predicted molar refractivity (Wildman–Crippen MR) is 105 cm³/mol. The van der Waals surface area contributed by atoms with Gasteiger partial charge in [-0.05, 0) is 49.2 Å². The molecule has 0 radical (unpaired) electrons.